The van der Waals surface area contributed by atoms with Gasteiger partial charge < -0.3 is 4.74 Å². The summed E-state index contributed by atoms with van der Waals surface area (Å²) in [6.45, 7) is 1.68. The fourth-order valence-corrected chi connectivity index (χ4v) is 2.39. The zero-order valence-corrected chi connectivity index (χ0v) is 9.84. The third-order valence-corrected chi connectivity index (χ3v) is 3.49. The van der Waals surface area contributed by atoms with Crippen molar-refractivity contribution in [2.45, 2.75) is 11.8 Å². The molecule has 0 aromatic heterocycles. The van der Waals surface area contributed by atoms with E-state index in [2.05, 4.69) is 9.13 Å². The van der Waals surface area contributed by atoms with E-state index in [1.807, 2.05) is 0 Å². The Hall–Kier alpha value is -1.07. The molecule has 0 aliphatic rings. The van der Waals surface area contributed by atoms with Crippen LogP contribution in [0.3, 0.4) is 0 Å². The molecule has 0 fully saturated rings. The molecule has 0 radical (unpaired) electrons. The van der Waals surface area contributed by atoms with Crippen molar-refractivity contribution in [3.8, 4) is 0 Å². The minimum absolute atomic E-state index is 0.125. The first-order valence-electron chi connectivity index (χ1n) is 4.07. The van der Waals surface area contributed by atoms with Crippen LogP contribution in [0.2, 0.25) is 0 Å². The Bertz CT molecular complexity index is 482. The Balaban J connectivity index is 3.25. The van der Waals surface area contributed by atoms with Gasteiger partial charge in [0.1, 0.15) is 0 Å². The number of sulfonamides is 1. The van der Waals surface area contributed by atoms with Crippen molar-refractivity contribution < 1.29 is 13.2 Å². The molecule has 0 heterocycles. The van der Waals surface area contributed by atoms with Crippen LogP contribution in [-0.2, 0) is 14.8 Å². The molecule has 0 saturated carbocycles. The number of rotatable bonds is 2. The minimum Gasteiger partial charge on any atom is -0.472 e. The Labute approximate surface area is 93.6 Å². The molecule has 0 unspecified atom stereocenters. The van der Waals surface area contributed by atoms with Gasteiger partial charge in [-0.2, -0.15) is 8.42 Å². The maximum Gasteiger partial charge on any atom is 0.297 e. The molecule has 0 aliphatic heterocycles. The number of aryl methyl sites for hydroxylation is 1. The van der Waals surface area contributed by atoms with Crippen LogP contribution in [0.25, 0.3) is 0 Å². The van der Waals surface area contributed by atoms with E-state index in [0.717, 1.165) is 0 Å². The van der Waals surface area contributed by atoms with Gasteiger partial charge in [-0.15, -0.1) is 4.40 Å². The molecule has 0 bridgehead atoms. The summed E-state index contributed by atoms with van der Waals surface area (Å²) in [7, 11) is -2.52. The normalized spacial score (nSPS) is 12.6. The lowest BCUT2D eigenvalue weighted by Crippen LogP contribution is -2.03. The van der Waals surface area contributed by atoms with Crippen LogP contribution in [0.4, 0.5) is 0 Å². The molecular weight excluding hydrogens is 238 g/mol. The first-order chi connectivity index (χ1) is 6.97. The van der Waals surface area contributed by atoms with Gasteiger partial charge >= 0.3 is 0 Å². The monoisotopic (exact) mass is 247 g/mol. The number of benzene rings is 1. The summed E-state index contributed by atoms with van der Waals surface area (Å²) in [6, 6.07) is 6.52. The fraction of sp³-hybridized carbons (Fsp3) is 0.222. The molecule has 0 saturated heterocycles. The highest BCUT2D eigenvalue weighted by molar-refractivity contribution is 7.90. The number of halogens is 1. The third kappa shape index (κ3) is 2.94. The second-order valence-electron chi connectivity index (χ2n) is 2.79. The van der Waals surface area contributed by atoms with Gasteiger partial charge in [0.25, 0.3) is 15.4 Å². The Morgan fingerprint density at radius 2 is 2.00 bits per heavy atom. The fourth-order valence-electron chi connectivity index (χ4n) is 1.03. The molecule has 6 heteroatoms. The molecule has 0 N–H and O–H groups in total. The lowest BCUT2D eigenvalue weighted by Gasteiger charge is -2.02. The summed E-state index contributed by atoms with van der Waals surface area (Å²) in [4.78, 5) is 0.125. The second kappa shape index (κ2) is 4.63. The first kappa shape index (κ1) is 12.0. The van der Waals surface area contributed by atoms with Crippen LogP contribution >= 0.6 is 11.6 Å². The Morgan fingerprint density at radius 3 is 2.53 bits per heavy atom. The topological polar surface area (TPSA) is 55.7 Å². The van der Waals surface area contributed by atoms with E-state index in [4.69, 9.17) is 11.6 Å². The molecular formula is C9H10ClNO3S. The SMILES string of the molecule is COC(Cl)=NS(=O)(=O)c1ccccc1C. The van der Waals surface area contributed by atoms with Crippen molar-refractivity contribution in [2.75, 3.05) is 7.11 Å². The van der Waals surface area contributed by atoms with Crippen molar-refractivity contribution in [1.29, 1.82) is 0 Å². The third-order valence-electron chi connectivity index (χ3n) is 1.73. The standard InChI is InChI=1S/C9H10ClNO3S/c1-7-5-3-4-6-8(7)15(12,13)11-9(10)14-2/h3-6H,1-2H3. The predicted octanol–water partition coefficient (Wildman–Crippen LogP) is 1.92. The first-order valence-corrected chi connectivity index (χ1v) is 5.89. The molecule has 1 aromatic rings. The molecule has 15 heavy (non-hydrogen) atoms. The minimum atomic E-state index is -3.77. The summed E-state index contributed by atoms with van der Waals surface area (Å²) < 4.78 is 31.1. The maximum absolute atomic E-state index is 11.7. The zero-order chi connectivity index (χ0) is 11.5. The van der Waals surface area contributed by atoms with Crippen molar-refractivity contribution >= 4 is 27.0 Å². The molecule has 0 spiro atoms. The smallest absolute Gasteiger partial charge is 0.297 e. The highest BCUT2D eigenvalue weighted by atomic mass is 35.5. The van der Waals surface area contributed by atoms with Crippen molar-refractivity contribution in [3.63, 3.8) is 0 Å². The van der Waals surface area contributed by atoms with Gasteiger partial charge in [0, 0.05) is 0 Å². The lowest BCUT2D eigenvalue weighted by molar-refractivity contribution is 0.415. The average molecular weight is 248 g/mol. The van der Waals surface area contributed by atoms with Crippen LogP contribution in [0.1, 0.15) is 5.56 Å². The molecule has 1 rings (SSSR count). The largest absolute Gasteiger partial charge is 0.472 e. The van der Waals surface area contributed by atoms with Crippen LogP contribution in [0, 0.1) is 6.92 Å². The van der Waals surface area contributed by atoms with Gasteiger partial charge in [-0.1, -0.05) is 18.2 Å². The molecule has 1 aromatic carbocycles. The van der Waals surface area contributed by atoms with Crippen LogP contribution in [-0.4, -0.2) is 20.9 Å². The number of nitrogens with zero attached hydrogens (tertiary/aromatic N) is 1. The molecule has 0 amide bonds. The van der Waals surface area contributed by atoms with Gasteiger partial charge in [-0.05, 0) is 30.2 Å². The zero-order valence-electron chi connectivity index (χ0n) is 8.27. The number of hydrogen-bond acceptors (Lipinski definition) is 3. The quantitative estimate of drug-likeness (QED) is 0.593. The summed E-state index contributed by atoms with van der Waals surface area (Å²) in [5, 5.41) is -0.404. The Kier molecular flexibility index (Phi) is 3.71. The summed E-state index contributed by atoms with van der Waals surface area (Å²) in [6.07, 6.45) is 0. The van der Waals surface area contributed by atoms with Gasteiger partial charge in [-0.25, -0.2) is 0 Å². The van der Waals surface area contributed by atoms with Crippen LogP contribution in [0.5, 0.6) is 0 Å². The highest BCUT2D eigenvalue weighted by Gasteiger charge is 2.16. The average Bonchev–Trinajstić information content (AvgIpc) is 2.17. The van der Waals surface area contributed by atoms with Gasteiger partial charge in [0.15, 0.2) is 0 Å². The molecule has 0 atom stereocenters. The van der Waals surface area contributed by atoms with E-state index < -0.39 is 15.4 Å². The van der Waals surface area contributed by atoms with Crippen molar-refractivity contribution in [1.82, 2.24) is 0 Å². The van der Waals surface area contributed by atoms with Crippen LogP contribution in [0.15, 0.2) is 33.6 Å². The number of hydrogen-bond donors (Lipinski definition) is 0. The number of ether oxygens (including phenoxy) is 1. The van der Waals surface area contributed by atoms with E-state index in [-0.39, 0.29) is 4.90 Å². The highest BCUT2D eigenvalue weighted by Crippen LogP contribution is 2.17. The number of methoxy groups -OCH3 is 1. The summed E-state index contributed by atoms with van der Waals surface area (Å²) >= 11 is 5.40. The van der Waals surface area contributed by atoms with Gasteiger partial charge in [0.2, 0.25) is 0 Å². The summed E-state index contributed by atoms with van der Waals surface area (Å²) in [5.41, 5.74) is 0.613. The van der Waals surface area contributed by atoms with Crippen LogP contribution < -0.4 is 0 Å². The predicted molar refractivity (Wildman–Crippen MR) is 58.7 cm³/mol. The molecule has 0 aliphatic carbocycles. The lowest BCUT2D eigenvalue weighted by atomic mass is 10.2. The maximum atomic E-state index is 11.7. The van der Waals surface area contributed by atoms with Crippen molar-refractivity contribution in [2.24, 2.45) is 4.40 Å². The van der Waals surface area contributed by atoms with Crippen molar-refractivity contribution in [3.05, 3.63) is 29.8 Å². The molecule has 82 valence electrons. The molecule has 4 nitrogen and oxygen atoms in total. The van der Waals surface area contributed by atoms with Gasteiger partial charge in [0.05, 0.1) is 12.0 Å². The van der Waals surface area contributed by atoms with E-state index >= 15 is 0 Å². The second-order valence-corrected chi connectivity index (χ2v) is 4.68. The van der Waals surface area contributed by atoms with E-state index in [9.17, 15) is 8.42 Å². The van der Waals surface area contributed by atoms with E-state index in [1.54, 1.807) is 25.1 Å². The van der Waals surface area contributed by atoms with E-state index in [0.29, 0.717) is 5.56 Å². The van der Waals surface area contributed by atoms with Gasteiger partial charge in [-0.3, -0.25) is 0 Å². The Morgan fingerprint density at radius 1 is 1.40 bits per heavy atom. The van der Waals surface area contributed by atoms with E-state index in [1.165, 1.54) is 13.2 Å². The summed E-state index contributed by atoms with van der Waals surface area (Å²) in [5.74, 6) is 0.